The Hall–Kier alpha value is -1.89. The van der Waals surface area contributed by atoms with Gasteiger partial charge in [-0.2, -0.15) is 4.31 Å². The molecule has 0 aliphatic heterocycles. The van der Waals surface area contributed by atoms with Crippen molar-refractivity contribution < 1.29 is 17.9 Å². The highest BCUT2D eigenvalue weighted by molar-refractivity contribution is 7.89. The molecule has 0 unspecified atom stereocenters. The predicted molar refractivity (Wildman–Crippen MR) is 93.6 cm³/mol. The summed E-state index contributed by atoms with van der Waals surface area (Å²) in [5.41, 5.74) is 2.06. The van der Waals surface area contributed by atoms with E-state index in [0.717, 1.165) is 11.1 Å². The Balaban J connectivity index is 2.10. The molecule has 2 aromatic carbocycles. The molecule has 2 aromatic rings. The second kappa shape index (κ2) is 8.28. The normalized spacial score (nSPS) is 11.7. The van der Waals surface area contributed by atoms with Crippen molar-refractivity contribution in [2.75, 3.05) is 27.4 Å². The molecule has 24 heavy (non-hydrogen) atoms. The summed E-state index contributed by atoms with van der Waals surface area (Å²) in [7, 11) is -0.354. The molecule has 0 aliphatic carbocycles. The summed E-state index contributed by atoms with van der Waals surface area (Å²) < 4.78 is 37.1. The van der Waals surface area contributed by atoms with Gasteiger partial charge in [0.25, 0.3) is 0 Å². The van der Waals surface area contributed by atoms with Gasteiger partial charge in [-0.05, 0) is 42.3 Å². The number of methoxy groups -OCH3 is 1. The second-order valence-electron chi connectivity index (χ2n) is 5.50. The van der Waals surface area contributed by atoms with E-state index in [1.807, 2.05) is 31.2 Å². The Kier molecular flexibility index (Phi) is 6.36. The van der Waals surface area contributed by atoms with Crippen LogP contribution in [0.1, 0.15) is 11.1 Å². The van der Waals surface area contributed by atoms with E-state index in [-0.39, 0.29) is 4.90 Å². The van der Waals surface area contributed by atoms with Gasteiger partial charge in [0.2, 0.25) is 10.0 Å². The average molecular weight is 349 g/mol. The highest BCUT2D eigenvalue weighted by Crippen LogP contribution is 2.21. The molecule has 0 spiro atoms. The van der Waals surface area contributed by atoms with Crippen LogP contribution in [-0.4, -0.2) is 40.1 Å². The third-order valence-electron chi connectivity index (χ3n) is 3.74. The Morgan fingerprint density at radius 2 is 1.67 bits per heavy atom. The molecule has 130 valence electrons. The van der Waals surface area contributed by atoms with Crippen LogP contribution in [-0.2, 0) is 21.3 Å². The quantitative estimate of drug-likeness (QED) is 0.688. The number of nitrogens with zero attached hydrogens (tertiary/aromatic N) is 1. The largest absolute Gasteiger partial charge is 0.491 e. The van der Waals surface area contributed by atoms with Crippen LogP contribution in [0, 0.1) is 6.92 Å². The molecule has 0 N–H and O–H groups in total. The van der Waals surface area contributed by atoms with Gasteiger partial charge in [0.05, 0.1) is 11.5 Å². The summed E-state index contributed by atoms with van der Waals surface area (Å²) in [6, 6.07) is 14.2. The third kappa shape index (κ3) is 4.56. The number of rotatable bonds is 8. The number of aryl methyl sites for hydroxylation is 1. The fourth-order valence-electron chi connectivity index (χ4n) is 2.24. The molecule has 0 heterocycles. The Bertz CT molecular complexity index is 757. The summed E-state index contributed by atoms with van der Waals surface area (Å²) in [5, 5.41) is 0. The lowest BCUT2D eigenvalue weighted by atomic mass is 10.1. The molecule has 6 heteroatoms. The topological polar surface area (TPSA) is 55.8 Å². The maximum atomic E-state index is 12.7. The van der Waals surface area contributed by atoms with E-state index in [1.54, 1.807) is 38.4 Å². The SMILES string of the molecule is COCCOc1ccc(S(=O)(=O)N(C)Cc2ccccc2C)cc1. The molecular weight excluding hydrogens is 326 g/mol. The van der Waals surface area contributed by atoms with Gasteiger partial charge in [-0.1, -0.05) is 24.3 Å². The third-order valence-corrected chi connectivity index (χ3v) is 5.56. The highest BCUT2D eigenvalue weighted by Gasteiger charge is 2.21. The summed E-state index contributed by atoms with van der Waals surface area (Å²) in [6.07, 6.45) is 0. The van der Waals surface area contributed by atoms with Crippen LogP contribution in [0.3, 0.4) is 0 Å². The van der Waals surface area contributed by atoms with Crippen LogP contribution in [0.15, 0.2) is 53.4 Å². The Labute approximate surface area is 143 Å². The molecule has 0 aromatic heterocycles. The van der Waals surface area contributed by atoms with Gasteiger partial charge < -0.3 is 9.47 Å². The van der Waals surface area contributed by atoms with E-state index in [1.165, 1.54) is 4.31 Å². The van der Waals surface area contributed by atoms with Crippen LogP contribution in [0.2, 0.25) is 0 Å². The number of hydrogen-bond donors (Lipinski definition) is 0. The summed E-state index contributed by atoms with van der Waals surface area (Å²) >= 11 is 0. The van der Waals surface area contributed by atoms with E-state index >= 15 is 0 Å². The van der Waals surface area contributed by atoms with E-state index in [0.29, 0.717) is 25.5 Å². The van der Waals surface area contributed by atoms with Gasteiger partial charge in [-0.25, -0.2) is 8.42 Å². The second-order valence-corrected chi connectivity index (χ2v) is 7.55. The van der Waals surface area contributed by atoms with Crippen LogP contribution >= 0.6 is 0 Å². The fraction of sp³-hybridized carbons (Fsp3) is 0.333. The number of hydrogen-bond acceptors (Lipinski definition) is 4. The first-order chi connectivity index (χ1) is 11.4. The standard InChI is InChI=1S/C18H23NO4S/c1-15-6-4-5-7-16(15)14-19(2)24(20,21)18-10-8-17(9-11-18)23-13-12-22-3/h4-11H,12-14H2,1-3H3. The van der Waals surface area contributed by atoms with Gasteiger partial charge in [0, 0.05) is 20.7 Å². The van der Waals surface area contributed by atoms with Crippen molar-refractivity contribution in [1.29, 1.82) is 0 Å². The van der Waals surface area contributed by atoms with Crippen molar-refractivity contribution in [3.8, 4) is 5.75 Å². The van der Waals surface area contributed by atoms with Gasteiger partial charge in [0.1, 0.15) is 12.4 Å². The molecule has 5 nitrogen and oxygen atoms in total. The molecule has 0 saturated carbocycles. The lowest BCUT2D eigenvalue weighted by molar-refractivity contribution is 0.146. The van der Waals surface area contributed by atoms with E-state index in [9.17, 15) is 8.42 Å². The molecule has 2 rings (SSSR count). The van der Waals surface area contributed by atoms with Crippen molar-refractivity contribution in [2.24, 2.45) is 0 Å². The first-order valence-corrected chi connectivity index (χ1v) is 9.12. The number of sulfonamides is 1. The van der Waals surface area contributed by atoms with E-state index < -0.39 is 10.0 Å². The number of benzene rings is 2. The smallest absolute Gasteiger partial charge is 0.243 e. The minimum absolute atomic E-state index is 0.248. The highest BCUT2D eigenvalue weighted by atomic mass is 32.2. The molecule has 0 atom stereocenters. The van der Waals surface area contributed by atoms with Crippen molar-refractivity contribution in [1.82, 2.24) is 4.31 Å². The Morgan fingerprint density at radius 1 is 1.00 bits per heavy atom. The first-order valence-electron chi connectivity index (χ1n) is 7.68. The molecule has 0 fully saturated rings. The van der Waals surface area contributed by atoms with Crippen molar-refractivity contribution in [3.05, 3.63) is 59.7 Å². The fourth-order valence-corrected chi connectivity index (χ4v) is 3.39. The van der Waals surface area contributed by atoms with Crippen LogP contribution < -0.4 is 4.74 Å². The van der Waals surface area contributed by atoms with Gasteiger partial charge in [-0.15, -0.1) is 0 Å². The minimum Gasteiger partial charge on any atom is -0.491 e. The predicted octanol–water partition coefficient (Wildman–Crippen LogP) is 2.84. The lowest BCUT2D eigenvalue weighted by Gasteiger charge is -2.18. The molecule has 0 aliphatic rings. The molecular formula is C18H23NO4S. The van der Waals surface area contributed by atoms with Gasteiger partial charge in [0.15, 0.2) is 0 Å². The van der Waals surface area contributed by atoms with Gasteiger partial charge in [-0.3, -0.25) is 0 Å². The monoisotopic (exact) mass is 349 g/mol. The first kappa shape index (κ1) is 18.4. The van der Waals surface area contributed by atoms with Crippen LogP contribution in [0.25, 0.3) is 0 Å². The average Bonchev–Trinajstić information content (AvgIpc) is 2.57. The zero-order chi connectivity index (χ0) is 17.6. The van der Waals surface area contributed by atoms with E-state index in [2.05, 4.69) is 0 Å². The van der Waals surface area contributed by atoms with E-state index in [4.69, 9.17) is 9.47 Å². The molecule has 0 radical (unpaired) electrons. The molecule has 0 amide bonds. The summed E-state index contributed by atoms with van der Waals surface area (Å²) in [6.45, 7) is 3.22. The maximum Gasteiger partial charge on any atom is 0.243 e. The van der Waals surface area contributed by atoms with Crippen molar-refractivity contribution in [2.45, 2.75) is 18.4 Å². The lowest BCUT2D eigenvalue weighted by Crippen LogP contribution is -2.26. The van der Waals surface area contributed by atoms with Crippen molar-refractivity contribution >= 4 is 10.0 Å². The van der Waals surface area contributed by atoms with Crippen LogP contribution in [0.4, 0.5) is 0 Å². The summed E-state index contributed by atoms with van der Waals surface area (Å²) in [4.78, 5) is 0.248. The van der Waals surface area contributed by atoms with Crippen molar-refractivity contribution in [3.63, 3.8) is 0 Å². The summed E-state index contributed by atoms with van der Waals surface area (Å²) in [5.74, 6) is 0.618. The molecule has 0 bridgehead atoms. The zero-order valence-corrected chi connectivity index (χ0v) is 15.0. The maximum absolute atomic E-state index is 12.7. The number of ether oxygens (including phenoxy) is 2. The molecule has 0 saturated heterocycles. The zero-order valence-electron chi connectivity index (χ0n) is 14.2. The minimum atomic E-state index is -3.54. The van der Waals surface area contributed by atoms with Crippen LogP contribution in [0.5, 0.6) is 5.75 Å². The van der Waals surface area contributed by atoms with Gasteiger partial charge >= 0.3 is 0 Å². The Morgan fingerprint density at radius 3 is 2.29 bits per heavy atom.